The second-order valence-electron chi connectivity index (χ2n) is 6.41. The first-order valence-corrected chi connectivity index (χ1v) is 7.15. The molecule has 1 saturated carbocycles. The Kier molecular flexibility index (Phi) is 4.45. The predicted octanol–water partition coefficient (Wildman–Crippen LogP) is 1.64. The van der Waals surface area contributed by atoms with E-state index in [2.05, 4.69) is 31.4 Å². The van der Waals surface area contributed by atoms with Crippen LogP contribution in [0.4, 0.5) is 0 Å². The molecule has 0 radical (unpaired) electrons. The van der Waals surface area contributed by atoms with Gasteiger partial charge in [-0.1, -0.05) is 20.8 Å². The van der Waals surface area contributed by atoms with Gasteiger partial charge < -0.3 is 15.4 Å². The van der Waals surface area contributed by atoms with Gasteiger partial charge in [-0.3, -0.25) is 0 Å². The first kappa shape index (κ1) is 13.3. The Morgan fingerprint density at radius 2 is 2.00 bits per heavy atom. The molecule has 0 amide bonds. The molecule has 0 aromatic carbocycles. The quantitative estimate of drug-likeness (QED) is 0.710. The van der Waals surface area contributed by atoms with Crippen molar-refractivity contribution in [1.82, 2.24) is 10.6 Å². The molecule has 2 aliphatic rings. The summed E-state index contributed by atoms with van der Waals surface area (Å²) in [6.07, 6.45) is 2.59. The van der Waals surface area contributed by atoms with E-state index in [9.17, 15) is 0 Å². The van der Waals surface area contributed by atoms with E-state index in [0.29, 0.717) is 17.4 Å². The smallest absolute Gasteiger partial charge is 0.0623 e. The van der Waals surface area contributed by atoms with E-state index < -0.39 is 0 Å². The summed E-state index contributed by atoms with van der Waals surface area (Å²) in [7, 11) is 0. The van der Waals surface area contributed by atoms with E-state index in [1.807, 2.05) is 0 Å². The van der Waals surface area contributed by atoms with Gasteiger partial charge in [-0.2, -0.15) is 0 Å². The summed E-state index contributed by atoms with van der Waals surface area (Å²) in [5.41, 5.74) is 0.596. The van der Waals surface area contributed by atoms with Crippen LogP contribution in [0.15, 0.2) is 0 Å². The highest BCUT2D eigenvalue weighted by atomic mass is 16.5. The number of ether oxygens (including phenoxy) is 1. The van der Waals surface area contributed by atoms with Crippen molar-refractivity contribution in [2.75, 3.05) is 32.8 Å². The van der Waals surface area contributed by atoms with E-state index in [1.165, 1.54) is 19.4 Å². The Labute approximate surface area is 106 Å². The van der Waals surface area contributed by atoms with Gasteiger partial charge in [0.2, 0.25) is 0 Å². The molecule has 0 bridgehead atoms. The van der Waals surface area contributed by atoms with Gasteiger partial charge in [-0.05, 0) is 37.3 Å². The van der Waals surface area contributed by atoms with Crippen molar-refractivity contribution in [3.05, 3.63) is 0 Å². The van der Waals surface area contributed by atoms with Crippen LogP contribution in [0.3, 0.4) is 0 Å². The number of nitrogens with one attached hydrogen (secondary N) is 2. The van der Waals surface area contributed by atoms with E-state index >= 15 is 0 Å². The molecule has 0 aromatic heterocycles. The molecule has 3 heteroatoms. The van der Waals surface area contributed by atoms with Crippen molar-refractivity contribution in [1.29, 1.82) is 0 Å². The third kappa shape index (κ3) is 3.67. The van der Waals surface area contributed by atoms with Crippen molar-refractivity contribution in [2.24, 2.45) is 17.3 Å². The lowest BCUT2D eigenvalue weighted by Crippen LogP contribution is -2.41. The topological polar surface area (TPSA) is 33.3 Å². The van der Waals surface area contributed by atoms with E-state index in [-0.39, 0.29) is 0 Å². The maximum Gasteiger partial charge on any atom is 0.0623 e. The van der Waals surface area contributed by atoms with E-state index in [0.717, 1.165) is 32.2 Å². The summed E-state index contributed by atoms with van der Waals surface area (Å²) in [6, 6.07) is 0.565. The molecular formula is C14H28N2O. The Balaban J connectivity index is 1.61. The predicted molar refractivity (Wildman–Crippen MR) is 71.1 cm³/mol. The minimum absolute atomic E-state index is 0.565. The van der Waals surface area contributed by atoms with Crippen molar-refractivity contribution < 1.29 is 4.74 Å². The Bertz CT molecular complexity index is 242. The standard InChI is InChI=1S/C14H28N2O/c1-4-5-16-13-10-17-9-11(13)7-15-8-12-6-14(12,2)3/h11-13,15-16H,4-10H2,1-3H3. The molecule has 1 heterocycles. The SMILES string of the molecule is CCCNC1COCC1CNCC1CC1(C)C. The molecular weight excluding hydrogens is 212 g/mol. The molecule has 1 aliphatic carbocycles. The van der Waals surface area contributed by atoms with Crippen molar-refractivity contribution in [2.45, 2.75) is 39.7 Å². The van der Waals surface area contributed by atoms with Gasteiger partial charge in [0.15, 0.2) is 0 Å². The van der Waals surface area contributed by atoms with Gasteiger partial charge in [0.05, 0.1) is 13.2 Å². The van der Waals surface area contributed by atoms with Crippen molar-refractivity contribution in [3.63, 3.8) is 0 Å². The lowest BCUT2D eigenvalue weighted by molar-refractivity contribution is 0.182. The van der Waals surface area contributed by atoms with Crippen LogP contribution in [0, 0.1) is 17.3 Å². The molecule has 0 aromatic rings. The molecule has 3 atom stereocenters. The highest BCUT2D eigenvalue weighted by Crippen LogP contribution is 2.50. The van der Waals surface area contributed by atoms with Crippen LogP contribution in [-0.2, 0) is 4.74 Å². The Morgan fingerprint density at radius 3 is 2.65 bits per heavy atom. The Hall–Kier alpha value is -0.120. The highest BCUT2D eigenvalue weighted by Gasteiger charge is 2.44. The maximum atomic E-state index is 5.58. The third-order valence-electron chi connectivity index (χ3n) is 4.37. The monoisotopic (exact) mass is 240 g/mol. The van der Waals surface area contributed by atoms with Crippen molar-refractivity contribution in [3.8, 4) is 0 Å². The van der Waals surface area contributed by atoms with Crippen LogP contribution in [0.2, 0.25) is 0 Å². The minimum Gasteiger partial charge on any atom is -0.379 e. The van der Waals surface area contributed by atoms with Crippen LogP contribution >= 0.6 is 0 Å². The normalized spacial score (nSPS) is 35.1. The molecule has 1 saturated heterocycles. The number of hydrogen-bond acceptors (Lipinski definition) is 3. The molecule has 3 unspecified atom stereocenters. The zero-order valence-electron chi connectivity index (χ0n) is 11.6. The summed E-state index contributed by atoms with van der Waals surface area (Å²) in [6.45, 7) is 12.2. The minimum atomic E-state index is 0.565. The van der Waals surface area contributed by atoms with Crippen molar-refractivity contribution >= 4 is 0 Å². The van der Waals surface area contributed by atoms with Gasteiger partial charge in [-0.15, -0.1) is 0 Å². The second-order valence-corrected chi connectivity index (χ2v) is 6.41. The molecule has 2 rings (SSSR count). The summed E-state index contributed by atoms with van der Waals surface area (Å²) < 4.78 is 5.58. The fraction of sp³-hybridized carbons (Fsp3) is 1.00. The second kappa shape index (κ2) is 5.68. The van der Waals surface area contributed by atoms with Gasteiger partial charge in [0.1, 0.15) is 0 Å². The first-order valence-electron chi connectivity index (χ1n) is 7.15. The third-order valence-corrected chi connectivity index (χ3v) is 4.37. The van der Waals surface area contributed by atoms with Gasteiger partial charge in [-0.25, -0.2) is 0 Å². The summed E-state index contributed by atoms with van der Waals surface area (Å²) in [4.78, 5) is 0. The van der Waals surface area contributed by atoms with Crippen LogP contribution in [0.25, 0.3) is 0 Å². The molecule has 2 fully saturated rings. The maximum absolute atomic E-state index is 5.58. The average molecular weight is 240 g/mol. The highest BCUT2D eigenvalue weighted by molar-refractivity contribution is 4.96. The zero-order chi connectivity index (χ0) is 12.3. The molecule has 3 nitrogen and oxygen atoms in total. The lowest BCUT2D eigenvalue weighted by Gasteiger charge is -2.19. The number of hydrogen-bond donors (Lipinski definition) is 2. The largest absolute Gasteiger partial charge is 0.379 e. The van der Waals surface area contributed by atoms with Gasteiger partial charge in [0.25, 0.3) is 0 Å². The van der Waals surface area contributed by atoms with Crippen LogP contribution in [-0.4, -0.2) is 38.9 Å². The fourth-order valence-corrected chi connectivity index (χ4v) is 2.72. The average Bonchev–Trinajstić information content (AvgIpc) is 2.72. The van der Waals surface area contributed by atoms with Crippen LogP contribution in [0.1, 0.15) is 33.6 Å². The lowest BCUT2D eigenvalue weighted by atomic mass is 10.0. The van der Waals surface area contributed by atoms with Gasteiger partial charge in [0, 0.05) is 18.5 Å². The van der Waals surface area contributed by atoms with Gasteiger partial charge >= 0.3 is 0 Å². The Morgan fingerprint density at radius 1 is 1.24 bits per heavy atom. The van der Waals surface area contributed by atoms with E-state index in [1.54, 1.807) is 0 Å². The molecule has 2 N–H and O–H groups in total. The molecule has 17 heavy (non-hydrogen) atoms. The summed E-state index contributed by atoms with van der Waals surface area (Å²) in [5.74, 6) is 1.55. The summed E-state index contributed by atoms with van der Waals surface area (Å²) in [5, 5.41) is 7.22. The van der Waals surface area contributed by atoms with Crippen LogP contribution < -0.4 is 10.6 Å². The first-order chi connectivity index (χ1) is 8.13. The fourth-order valence-electron chi connectivity index (χ4n) is 2.72. The summed E-state index contributed by atoms with van der Waals surface area (Å²) >= 11 is 0. The van der Waals surface area contributed by atoms with E-state index in [4.69, 9.17) is 4.74 Å². The molecule has 100 valence electrons. The number of rotatable bonds is 7. The molecule has 1 aliphatic heterocycles. The van der Waals surface area contributed by atoms with Crippen LogP contribution in [0.5, 0.6) is 0 Å². The molecule has 0 spiro atoms. The zero-order valence-corrected chi connectivity index (χ0v) is 11.6.